The minimum Gasteiger partial charge on any atom is -0.496 e. The normalized spacial score (nSPS) is 10.8. The van der Waals surface area contributed by atoms with Gasteiger partial charge in [0.2, 0.25) is 0 Å². The quantitative estimate of drug-likeness (QED) is 0.448. The fourth-order valence-corrected chi connectivity index (χ4v) is 3.73. The molecule has 0 aromatic heterocycles. The number of nitrogen functional groups attached to an aromatic ring is 1. The molecule has 0 fully saturated rings. The highest BCUT2D eigenvalue weighted by Gasteiger charge is 2.19. The molecule has 2 N–H and O–H groups in total. The number of rotatable bonds is 5. The Balaban J connectivity index is 2.61. The summed E-state index contributed by atoms with van der Waals surface area (Å²) in [4.78, 5) is 12.1. The summed E-state index contributed by atoms with van der Waals surface area (Å²) in [7, 11) is 1.60. The van der Waals surface area contributed by atoms with Gasteiger partial charge in [-0.1, -0.05) is 13.8 Å². The van der Waals surface area contributed by atoms with E-state index in [1.165, 1.54) is 6.92 Å². The minimum atomic E-state index is -0.0960. The number of hydrogen-bond acceptors (Lipinski definition) is 4. The van der Waals surface area contributed by atoms with E-state index in [4.69, 9.17) is 15.2 Å². The van der Waals surface area contributed by atoms with Crippen LogP contribution in [0.2, 0.25) is 0 Å². The molecular weight excluding hydrogens is 438 g/mol. The Hall–Kier alpha value is -1.53. The first-order chi connectivity index (χ1) is 11.2. The molecule has 0 aliphatic rings. The molecule has 0 aliphatic heterocycles. The molecule has 0 heterocycles. The summed E-state index contributed by atoms with van der Waals surface area (Å²) in [5, 5.41) is 0. The van der Waals surface area contributed by atoms with Crippen LogP contribution in [0, 0.1) is 0 Å². The van der Waals surface area contributed by atoms with Gasteiger partial charge < -0.3 is 15.2 Å². The predicted octanol–water partition coefficient (Wildman–Crippen LogP) is 5.92. The molecule has 128 valence electrons. The molecule has 4 nitrogen and oxygen atoms in total. The molecule has 2 rings (SSSR count). The Morgan fingerprint density at radius 2 is 1.67 bits per heavy atom. The molecule has 0 bridgehead atoms. The van der Waals surface area contributed by atoms with Gasteiger partial charge in [-0.15, -0.1) is 0 Å². The number of nitrogens with two attached hydrogens (primary N) is 1. The minimum absolute atomic E-state index is 0.0960. The lowest BCUT2D eigenvalue weighted by Gasteiger charge is -2.18. The predicted molar refractivity (Wildman–Crippen MR) is 103 cm³/mol. The average Bonchev–Trinajstić information content (AvgIpc) is 2.49. The summed E-state index contributed by atoms with van der Waals surface area (Å²) in [6.45, 7) is 5.62. The molecule has 0 atom stereocenters. The lowest BCUT2D eigenvalue weighted by Crippen LogP contribution is -2.03. The zero-order valence-electron chi connectivity index (χ0n) is 13.9. The molecule has 0 amide bonds. The van der Waals surface area contributed by atoms with Gasteiger partial charge in [0.1, 0.15) is 11.5 Å². The van der Waals surface area contributed by atoms with Gasteiger partial charge >= 0.3 is 0 Å². The van der Waals surface area contributed by atoms with Crippen molar-refractivity contribution in [1.29, 1.82) is 0 Å². The van der Waals surface area contributed by atoms with Crippen molar-refractivity contribution in [1.82, 2.24) is 0 Å². The number of carbonyl (C=O) groups is 1. The number of ketones is 1. The van der Waals surface area contributed by atoms with Crippen molar-refractivity contribution in [2.45, 2.75) is 26.7 Å². The molecule has 0 spiro atoms. The second-order valence-electron chi connectivity index (χ2n) is 5.72. The first kappa shape index (κ1) is 18.8. The third kappa shape index (κ3) is 3.92. The van der Waals surface area contributed by atoms with Crippen molar-refractivity contribution in [2.24, 2.45) is 0 Å². The summed E-state index contributed by atoms with van der Waals surface area (Å²) in [6, 6.07) is 7.09. The summed E-state index contributed by atoms with van der Waals surface area (Å²) in [5.41, 5.74) is 7.85. The highest BCUT2D eigenvalue weighted by Crippen LogP contribution is 2.41. The van der Waals surface area contributed by atoms with Gasteiger partial charge in [0.05, 0.1) is 21.6 Å². The van der Waals surface area contributed by atoms with E-state index in [1.807, 2.05) is 6.07 Å². The van der Waals surface area contributed by atoms with E-state index >= 15 is 0 Å². The van der Waals surface area contributed by atoms with Crippen LogP contribution in [0.3, 0.4) is 0 Å². The van der Waals surface area contributed by atoms with E-state index in [0.29, 0.717) is 37.4 Å². The van der Waals surface area contributed by atoms with Crippen LogP contribution in [-0.2, 0) is 0 Å². The summed E-state index contributed by atoms with van der Waals surface area (Å²) < 4.78 is 12.9. The first-order valence-electron chi connectivity index (χ1n) is 7.39. The van der Waals surface area contributed by atoms with Gasteiger partial charge in [-0.25, -0.2) is 0 Å². The van der Waals surface area contributed by atoms with Gasteiger partial charge in [0.25, 0.3) is 0 Å². The fourth-order valence-electron chi connectivity index (χ4n) is 2.35. The molecule has 2 aromatic rings. The third-order valence-electron chi connectivity index (χ3n) is 3.57. The fraction of sp³-hybridized carbons (Fsp3) is 0.278. The Kier molecular flexibility index (Phi) is 5.93. The number of hydrogen-bond donors (Lipinski definition) is 1. The van der Waals surface area contributed by atoms with Crippen molar-refractivity contribution in [3.63, 3.8) is 0 Å². The molecule has 0 saturated carbocycles. The molecule has 0 unspecified atom stereocenters. The average molecular weight is 457 g/mol. The highest BCUT2D eigenvalue weighted by atomic mass is 79.9. The van der Waals surface area contributed by atoms with Crippen LogP contribution in [0.5, 0.6) is 17.2 Å². The summed E-state index contributed by atoms with van der Waals surface area (Å²) in [6.07, 6.45) is 0. The number of carbonyl (C=O) groups excluding carboxylic acids is 1. The Morgan fingerprint density at radius 1 is 1.08 bits per heavy atom. The van der Waals surface area contributed by atoms with Crippen molar-refractivity contribution in [2.75, 3.05) is 12.8 Å². The zero-order valence-corrected chi connectivity index (χ0v) is 17.1. The van der Waals surface area contributed by atoms with Gasteiger partial charge in [-0.05, 0) is 69.0 Å². The van der Waals surface area contributed by atoms with Gasteiger partial charge in [0.15, 0.2) is 11.5 Å². The van der Waals surface area contributed by atoms with Gasteiger partial charge in [-0.2, -0.15) is 0 Å². The van der Waals surface area contributed by atoms with Crippen molar-refractivity contribution in [3.05, 3.63) is 44.3 Å². The molecule has 6 heteroatoms. The molecule has 2 aromatic carbocycles. The van der Waals surface area contributed by atoms with Crippen LogP contribution in [0.15, 0.2) is 33.2 Å². The summed E-state index contributed by atoms with van der Waals surface area (Å²) >= 11 is 6.90. The van der Waals surface area contributed by atoms with E-state index in [1.54, 1.807) is 25.3 Å². The number of halogens is 2. The van der Waals surface area contributed by atoms with Gasteiger partial charge in [-0.3, -0.25) is 4.79 Å². The van der Waals surface area contributed by atoms with Crippen LogP contribution >= 0.6 is 31.9 Å². The van der Waals surface area contributed by atoms with E-state index < -0.39 is 0 Å². The molecule has 0 radical (unpaired) electrons. The zero-order chi connectivity index (χ0) is 18.0. The van der Waals surface area contributed by atoms with Crippen molar-refractivity contribution in [3.8, 4) is 17.2 Å². The van der Waals surface area contributed by atoms with Crippen molar-refractivity contribution < 1.29 is 14.3 Å². The SMILES string of the molecule is COc1cc(C(C)=O)c(Oc2c(Br)cc(N)cc2Br)cc1C(C)C. The standard InChI is InChI=1S/C18H19Br2NO3/c1-9(2)12-7-17(13(10(3)22)8-16(12)23-4)24-18-14(19)5-11(21)6-15(18)20/h5-9H,21H2,1-4H3. The lowest BCUT2D eigenvalue weighted by atomic mass is 9.98. The van der Waals surface area contributed by atoms with E-state index in [2.05, 4.69) is 45.7 Å². The monoisotopic (exact) mass is 455 g/mol. The molecule has 0 aliphatic carbocycles. The Morgan fingerprint density at radius 3 is 2.12 bits per heavy atom. The maximum absolute atomic E-state index is 12.1. The van der Waals surface area contributed by atoms with Crippen LogP contribution < -0.4 is 15.2 Å². The highest BCUT2D eigenvalue weighted by molar-refractivity contribution is 9.11. The number of anilines is 1. The van der Waals surface area contributed by atoms with Crippen molar-refractivity contribution >= 4 is 43.3 Å². The van der Waals surface area contributed by atoms with Crippen LogP contribution in [0.4, 0.5) is 5.69 Å². The number of benzene rings is 2. The molecular formula is C18H19Br2NO3. The van der Waals surface area contributed by atoms with Crippen LogP contribution in [-0.4, -0.2) is 12.9 Å². The third-order valence-corrected chi connectivity index (χ3v) is 4.74. The number of methoxy groups -OCH3 is 1. The van der Waals surface area contributed by atoms with E-state index in [9.17, 15) is 4.79 Å². The van der Waals surface area contributed by atoms with E-state index in [0.717, 1.165) is 5.56 Å². The Labute approximate surface area is 158 Å². The smallest absolute Gasteiger partial charge is 0.163 e. The van der Waals surface area contributed by atoms with Crippen LogP contribution in [0.25, 0.3) is 0 Å². The molecule has 0 saturated heterocycles. The second kappa shape index (κ2) is 7.57. The largest absolute Gasteiger partial charge is 0.496 e. The number of Topliss-reactive ketones (excluding diaryl/α,β-unsaturated/α-hetero) is 1. The lowest BCUT2D eigenvalue weighted by molar-refractivity contribution is 0.101. The van der Waals surface area contributed by atoms with Gasteiger partial charge in [0, 0.05) is 11.3 Å². The molecule has 24 heavy (non-hydrogen) atoms. The maximum atomic E-state index is 12.1. The summed E-state index contributed by atoms with van der Waals surface area (Å²) in [5.74, 6) is 1.85. The number of ether oxygens (including phenoxy) is 2. The van der Waals surface area contributed by atoms with E-state index in [-0.39, 0.29) is 11.7 Å². The van der Waals surface area contributed by atoms with Crippen LogP contribution in [0.1, 0.15) is 42.6 Å². The topological polar surface area (TPSA) is 61.5 Å². The second-order valence-corrected chi connectivity index (χ2v) is 7.43. The maximum Gasteiger partial charge on any atom is 0.163 e. The Bertz CT molecular complexity index is 765. The first-order valence-corrected chi connectivity index (χ1v) is 8.98.